The van der Waals surface area contributed by atoms with E-state index in [-0.39, 0.29) is 0 Å². The summed E-state index contributed by atoms with van der Waals surface area (Å²) < 4.78 is 0. The molecule has 1 N–H and O–H groups in total. The second-order valence-corrected chi connectivity index (χ2v) is 2.76. The summed E-state index contributed by atoms with van der Waals surface area (Å²) in [5.41, 5.74) is 0.992. The first-order valence-corrected chi connectivity index (χ1v) is 3.86. The van der Waals surface area contributed by atoms with Gasteiger partial charge in [-0.3, -0.25) is 10.4 Å². The van der Waals surface area contributed by atoms with E-state index < -0.39 is 0 Å². The Morgan fingerprint density at radius 2 is 2.33 bits per heavy atom. The van der Waals surface area contributed by atoms with E-state index in [9.17, 15) is 0 Å². The highest BCUT2D eigenvalue weighted by molar-refractivity contribution is 5.75. The molecule has 0 aromatic carbocycles. The molecule has 0 aliphatic carbocycles. The van der Waals surface area contributed by atoms with E-state index in [1.54, 1.807) is 13.1 Å². The smallest absolute Gasteiger partial charge is 0.0926 e. The van der Waals surface area contributed by atoms with Crippen molar-refractivity contribution in [3.8, 4) is 0 Å². The van der Waals surface area contributed by atoms with Gasteiger partial charge in [0.1, 0.15) is 0 Å². The van der Waals surface area contributed by atoms with Crippen molar-refractivity contribution in [1.82, 2.24) is 9.88 Å². The molecule has 1 heterocycles. The van der Waals surface area contributed by atoms with Crippen molar-refractivity contribution in [3.63, 3.8) is 0 Å². The zero-order valence-electron chi connectivity index (χ0n) is 7.41. The fourth-order valence-electron chi connectivity index (χ4n) is 0.853. The van der Waals surface area contributed by atoms with Crippen molar-refractivity contribution in [1.29, 1.82) is 5.41 Å². The first-order chi connectivity index (χ1) is 5.70. The Morgan fingerprint density at radius 3 is 2.83 bits per heavy atom. The number of hydrogen-bond acceptors (Lipinski definition) is 2. The van der Waals surface area contributed by atoms with Crippen molar-refractivity contribution in [2.75, 3.05) is 7.05 Å². The van der Waals surface area contributed by atoms with E-state index in [2.05, 4.69) is 4.98 Å². The van der Waals surface area contributed by atoms with Crippen LogP contribution < -0.4 is 0 Å². The molecule has 0 aliphatic heterocycles. The highest BCUT2D eigenvalue weighted by Crippen LogP contribution is 1.98. The molecule has 0 fully saturated rings. The van der Waals surface area contributed by atoms with Gasteiger partial charge in [-0.15, -0.1) is 0 Å². The maximum atomic E-state index is 7.35. The summed E-state index contributed by atoms with van der Waals surface area (Å²) in [5, 5.41) is 7.35. The van der Waals surface area contributed by atoms with E-state index in [4.69, 9.17) is 5.41 Å². The molecule has 64 valence electrons. The Kier molecular flexibility index (Phi) is 2.80. The van der Waals surface area contributed by atoms with Crippen molar-refractivity contribution in [2.45, 2.75) is 13.5 Å². The summed E-state index contributed by atoms with van der Waals surface area (Å²) in [6.07, 6.45) is 1.77. The van der Waals surface area contributed by atoms with Gasteiger partial charge in [0.2, 0.25) is 0 Å². The van der Waals surface area contributed by atoms with Crippen LogP contribution in [0.25, 0.3) is 0 Å². The minimum Gasteiger partial charge on any atom is -0.358 e. The number of amidine groups is 1. The minimum absolute atomic E-state index is 0.556. The van der Waals surface area contributed by atoms with Crippen LogP contribution in [0.3, 0.4) is 0 Å². The molecule has 0 amide bonds. The summed E-state index contributed by atoms with van der Waals surface area (Å²) in [6, 6.07) is 5.80. The van der Waals surface area contributed by atoms with Crippen LogP contribution in [-0.4, -0.2) is 22.8 Å². The first-order valence-electron chi connectivity index (χ1n) is 3.86. The van der Waals surface area contributed by atoms with Crippen LogP contribution >= 0.6 is 0 Å². The third-order valence-corrected chi connectivity index (χ3v) is 1.70. The van der Waals surface area contributed by atoms with Crippen LogP contribution in [0.1, 0.15) is 12.6 Å². The van der Waals surface area contributed by atoms with E-state index >= 15 is 0 Å². The Labute approximate surface area is 72.6 Å². The van der Waals surface area contributed by atoms with E-state index in [0.29, 0.717) is 12.4 Å². The van der Waals surface area contributed by atoms with Gasteiger partial charge in [0.05, 0.1) is 18.1 Å². The third-order valence-electron chi connectivity index (χ3n) is 1.70. The Hall–Kier alpha value is -1.38. The highest BCUT2D eigenvalue weighted by atomic mass is 15.1. The molecule has 3 nitrogen and oxygen atoms in total. The molecule has 0 bridgehead atoms. The number of aromatic nitrogens is 1. The van der Waals surface area contributed by atoms with Gasteiger partial charge in [-0.05, 0) is 19.1 Å². The summed E-state index contributed by atoms with van der Waals surface area (Å²) in [5.74, 6) is 0.556. The Bertz CT molecular complexity index is 256. The topological polar surface area (TPSA) is 40.0 Å². The van der Waals surface area contributed by atoms with Gasteiger partial charge in [0, 0.05) is 13.2 Å². The summed E-state index contributed by atoms with van der Waals surface area (Å²) in [7, 11) is 1.89. The fourth-order valence-corrected chi connectivity index (χ4v) is 0.853. The van der Waals surface area contributed by atoms with Crippen molar-refractivity contribution < 1.29 is 0 Å². The molecule has 0 saturated carbocycles. The largest absolute Gasteiger partial charge is 0.358 e. The van der Waals surface area contributed by atoms with Crippen molar-refractivity contribution in [2.24, 2.45) is 0 Å². The molecule has 1 aromatic rings. The van der Waals surface area contributed by atoms with Crippen LogP contribution in [0.4, 0.5) is 0 Å². The minimum atomic E-state index is 0.556. The fraction of sp³-hybridized carbons (Fsp3) is 0.333. The summed E-state index contributed by atoms with van der Waals surface area (Å²) in [4.78, 5) is 6.01. The van der Waals surface area contributed by atoms with Gasteiger partial charge in [-0.1, -0.05) is 6.07 Å². The molecule has 1 aromatic heterocycles. The van der Waals surface area contributed by atoms with E-state index in [1.165, 1.54) is 0 Å². The van der Waals surface area contributed by atoms with Crippen LogP contribution in [0.5, 0.6) is 0 Å². The van der Waals surface area contributed by atoms with Gasteiger partial charge in [0.15, 0.2) is 0 Å². The van der Waals surface area contributed by atoms with Crippen LogP contribution in [0.15, 0.2) is 24.4 Å². The highest BCUT2D eigenvalue weighted by Gasteiger charge is 1.99. The van der Waals surface area contributed by atoms with Crippen LogP contribution in [0.2, 0.25) is 0 Å². The lowest BCUT2D eigenvalue weighted by atomic mass is 10.3. The van der Waals surface area contributed by atoms with Gasteiger partial charge < -0.3 is 4.90 Å². The predicted octanol–water partition coefficient (Wildman–Crippen LogP) is 1.51. The number of rotatable bonds is 2. The van der Waals surface area contributed by atoms with Gasteiger partial charge >= 0.3 is 0 Å². The average molecular weight is 163 g/mol. The second kappa shape index (κ2) is 3.85. The molecule has 0 spiro atoms. The molecule has 0 aliphatic rings. The molecular formula is C9H13N3. The maximum Gasteiger partial charge on any atom is 0.0926 e. The lowest BCUT2D eigenvalue weighted by Gasteiger charge is -2.15. The molecular weight excluding hydrogens is 150 g/mol. The lowest BCUT2D eigenvalue weighted by Crippen LogP contribution is -2.22. The number of nitrogens with one attached hydrogen (secondary N) is 1. The Balaban J connectivity index is 2.58. The van der Waals surface area contributed by atoms with Gasteiger partial charge in [0.25, 0.3) is 0 Å². The van der Waals surface area contributed by atoms with Crippen molar-refractivity contribution in [3.05, 3.63) is 30.1 Å². The monoisotopic (exact) mass is 163 g/mol. The predicted molar refractivity (Wildman–Crippen MR) is 49.1 cm³/mol. The van der Waals surface area contributed by atoms with Gasteiger partial charge in [-0.2, -0.15) is 0 Å². The molecule has 1 rings (SSSR count). The van der Waals surface area contributed by atoms with E-state index in [0.717, 1.165) is 5.69 Å². The third kappa shape index (κ3) is 2.34. The molecule has 0 radical (unpaired) electrons. The normalized spacial score (nSPS) is 9.50. The standard InChI is InChI=1S/C9H13N3/c1-8(10)12(2)7-9-5-3-4-6-11-9/h3-6,10H,7H2,1-2H3. The Morgan fingerprint density at radius 1 is 1.58 bits per heavy atom. The SMILES string of the molecule is CC(=N)N(C)Cc1ccccn1. The van der Waals surface area contributed by atoms with Gasteiger partial charge in [-0.25, -0.2) is 0 Å². The lowest BCUT2D eigenvalue weighted by molar-refractivity contribution is 0.486. The zero-order valence-corrected chi connectivity index (χ0v) is 7.41. The maximum absolute atomic E-state index is 7.35. The number of hydrogen-bond donors (Lipinski definition) is 1. The second-order valence-electron chi connectivity index (χ2n) is 2.76. The number of nitrogens with zero attached hydrogens (tertiary/aromatic N) is 2. The summed E-state index contributed by atoms with van der Waals surface area (Å²) >= 11 is 0. The average Bonchev–Trinajstić information content (AvgIpc) is 2.06. The molecule has 0 atom stereocenters. The van der Waals surface area contributed by atoms with Crippen molar-refractivity contribution >= 4 is 5.84 Å². The number of pyridine rings is 1. The first kappa shape index (κ1) is 8.71. The van der Waals surface area contributed by atoms with E-state index in [1.807, 2.05) is 30.1 Å². The molecule has 0 unspecified atom stereocenters. The molecule has 0 saturated heterocycles. The summed E-state index contributed by atoms with van der Waals surface area (Å²) in [6.45, 7) is 2.47. The zero-order chi connectivity index (χ0) is 8.97. The van der Waals surface area contributed by atoms with Crippen LogP contribution in [-0.2, 0) is 6.54 Å². The van der Waals surface area contributed by atoms with Crippen LogP contribution in [0, 0.1) is 5.41 Å². The molecule has 3 heteroatoms. The quantitative estimate of drug-likeness (QED) is 0.530. The molecule has 12 heavy (non-hydrogen) atoms.